The molecule has 1 aromatic carbocycles. The van der Waals surface area contributed by atoms with Crippen LogP contribution >= 0.6 is 27.5 Å². The summed E-state index contributed by atoms with van der Waals surface area (Å²) in [6.45, 7) is 5.17. The average Bonchev–Trinajstić information content (AvgIpc) is 2.92. The van der Waals surface area contributed by atoms with Gasteiger partial charge in [0, 0.05) is 10.9 Å². The number of furan rings is 1. The summed E-state index contributed by atoms with van der Waals surface area (Å²) in [6, 6.07) is 10.1. The highest BCUT2D eigenvalue weighted by atomic mass is 79.9. The van der Waals surface area contributed by atoms with E-state index in [0.717, 1.165) is 40.9 Å². The Balaban J connectivity index is 2.32. The lowest BCUT2D eigenvalue weighted by Gasteiger charge is -2.17. The Morgan fingerprint density at radius 1 is 1.25 bits per heavy atom. The summed E-state index contributed by atoms with van der Waals surface area (Å²) in [4.78, 5) is 0. The Labute approximate surface area is 133 Å². The fourth-order valence-electron chi connectivity index (χ4n) is 2.10. The number of rotatable bonds is 6. The molecule has 2 aromatic rings. The normalized spacial score (nSPS) is 12.6. The summed E-state index contributed by atoms with van der Waals surface area (Å²) in [5.41, 5.74) is 1.11. The first-order valence-corrected chi connectivity index (χ1v) is 8.09. The zero-order chi connectivity index (χ0) is 14.5. The van der Waals surface area contributed by atoms with Crippen LogP contribution < -0.4 is 5.32 Å². The maximum absolute atomic E-state index is 6.21. The third kappa shape index (κ3) is 3.66. The number of nitrogens with one attached hydrogen (secondary N) is 1. The van der Waals surface area contributed by atoms with Gasteiger partial charge in [0.1, 0.15) is 11.5 Å². The molecule has 0 aliphatic heterocycles. The van der Waals surface area contributed by atoms with E-state index in [1.165, 1.54) is 0 Å². The second-order valence-electron chi connectivity index (χ2n) is 4.72. The van der Waals surface area contributed by atoms with E-state index in [1.807, 2.05) is 24.3 Å². The minimum atomic E-state index is 0.0425. The molecule has 0 saturated carbocycles. The highest BCUT2D eigenvalue weighted by molar-refractivity contribution is 9.10. The van der Waals surface area contributed by atoms with Gasteiger partial charge in [0.2, 0.25) is 0 Å². The molecule has 0 spiro atoms. The van der Waals surface area contributed by atoms with E-state index < -0.39 is 0 Å². The van der Waals surface area contributed by atoms with Crippen LogP contribution in [0.3, 0.4) is 0 Å². The van der Waals surface area contributed by atoms with E-state index in [4.69, 9.17) is 16.0 Å². The summed E-state index contributed by atoms with van der Waals surface area (Å²) < 4.78 is 6.81. The summed E-state index contributed by atoms with van der Waals surface area (Å²) >= 11 is 9.63. The van der Waals surface area contributed by atoms with Gasteiger partial charge in [0.05, 0.1) is 11.1 Å². The SMILES string of the molecule is CCCNC(c1ccc(Br)c(Cl)c1)c1ccc(CC)o1. The molecule has 1 heterocycles. The predicted molar refractivity (Wildman–Crippen MR) is 87.4 cm³/mol. The van der Waals surface area contributed by atoms with E-state index in [2.05, 4.69) is 41.2 Å². The van der Waals surface area contributed by atoms with Crippen molar-refractivity contribution < 1.29 is 4.42 Å². The third-order valence-electron chi connectivity index (χ3n) is 3.19. The summed E-state index contributed by atoms with van der Waals surface area (Å²) in [5.74, 6) is 1.94. The molecule has 0 saturated heterocycles. The van der Waals surface area contributed by atoms with Crippen molar-refractivity contribution in [3.8, 4) is 0 Å². The van der Waals surface area contributed by atoms with E-state index >= 15 is 0 Å². The van der Waals surface area contributed by atoms with Gasteiger partial charge in [0.25, 0.3) is 0 Å². The van der Waals surface area contributed by atoms with Crippen molar-refractivity contribution in [3.63, 3.8) is 0 Å². The standard InChI is InChI=1S/C16H19BrClNO/c1-3-9-19-16(15-8-6-12(4-2)20-15)11-5-7-13(17)14(18)10-11/h5-8,10,16,19H,3-4,9H2,1-2H3. The van der Waals surface area contributed by atoms with Crippen LogP contribution in [-0.4, -0.2) is 6.54 Å². The van der Waals surface area contributed by atoms with Crippen LogP contribution in [0.2, 0.25) is 5.02 Å². The van der Waals surface area contributed by atoms with Gasteiger partial charge in [-0.15, -0.1) is 0 Å². The van der Waals surface area contributed by atoms with Crippen molar-refractivity contribution in [1.29, 1.82) is 0 Å². The van der Waals surface area contributed by atoms with Crippen LogP contribution in [0.15, 0.2) is 39.2 Å². The summed E-state index contributed by atoms with van der Waals surface area (Å²) in [7, 11) is 0. The van der Waals surface area contributed by atoms with Crippen molar-refractivity contribution in [2.75, 3.05) is 6.54 Å². The molecule has 20 heavy (non-hydrogen) atoms. The number of hydrogen-bond donors (Lipinski definition) is 1. The highest BCUT2D eigenvalue weighted by Gasteiger charge is 2.18. The summed E-state index contributed by atoms with van der Waals surface area (Å²) in [5, 5.41) is 4.23. The van der Waals surface area contributed by atoms with Crippen LogP contribution in [-0.2, 0) is 6.42 Å². The van der Waals surface area contributed by atoms with Gasteiger partial charge < -0.3 is 9.73 Å². The molecular weight excluding hydrogens is 338 g/mol. The topological polar surface area (TPSA) is 25.2 Å². The molecule has 0 amide bonds. The zero-order valence-corrected chi connectivity index (χ0v) is 14.1. The van der Waals surface area contributed by atoms with Crippen LogP contribution in [0.5, 0.6) is 0 Å². The monoisotopic (exact) mass is 355 g/mol. The van der Waals surface area contributed by atoms with Gasteiger partial charge in [-0.3, -0.25) is 0 Å². The Kier molecular flexibility index (Phi) is 5.70. The van der Waals surface area contributed by atoms with Crippen molar-refractivity contribution in [2.45, 2.75) is 32.7 Å². The fourth-order valence-corrected chi connectivity index (χ4v) is 2.54. The Morgan fingerprint density at radius 3 is 2.65 bits per heavy atom. The lowest BCUT2D eigenvalue weighted by molar-refractivity contribution is 0.422. The highest BCUT2D eigenvalue weighted by Crippen LogP contribution is 2.30. The Morgan fingerprint density at radius 2 is 2.05 bits per heavy atom. The predicted octanol–water partition coefficient (Wildman–Crippen LogP) is 5.35. The lowest BCUT2D eigenvalue weighted by Crippen LogP contribution is -2.22. The molecular formula is C16H19BrClNO. The molecule has 0 aliphatic carbocycles. The molecule has 0 radical (unpaired) electrons. The maximum atomic E-state index is 6.21. The van der Waals surface area contributed by atoms with E-state index in [9.17, 15) is 0 Å². The van der Waals surface area contributed by atoms with Gasteiger partial charge in [-0.1, -0.05) is 31.5 Å². The number of hydrogen-bond acceptors (Lipinski definition) is 2. The molecule has 0 bridgehead atoms. The van der Waals surface area contributed by atoms with Crippen LogP contribution in [0.1, 0.15) is 43.4 Å². The third-order valence-corrected chi connectivity index (χ3v) is 4.42. The number of benzene rings is 1. The minimum Gasteiger partial charge on any atom is -0.464 e. The molecule has 1 atom stereocenters. The van der Waals surface area contributed by atoms with Crippen molar-refractivity contribution in [3.05, 3.63) is 56.9 Å². The van der Waals surface area contributed by atoms with E-state index in [0.29, 0.717) is 5.02 Å². The summed E-state index contributed by atoms with van der Waals surface area (Å²) in [6.07, 6.45) is 1.98. The zero-order valence-electron chi connectivity index (χ0n) is 11.7. The quantitative estimate of drug-likeness (QED) is 0.755. The first-order valence-electron chi connectivity index (χ1n) is 6.92. The fraction of sp³-hybridized carbons (Fsp3) is 0.375. The maximum Gasteiger partial charge on any atom is 0.125 e. The molecule has 1 unspecified atom stereocenters. The smallest absolute Gasteiger partial charge is 0.125 e. The van der Waals surface area contributed by atoms with Gasteiger partial charge in [0.15, 0.2) is 0 Å². The first kappa shape index (κ1) is 15.6. The number of halogens is 2. The molecule has 1 N–H and O–H groups in total. The molecule has 2 rings (SSSR count). The molecule has 1 aromatic heterocycles. The van der Waals surface area contributed by atoms with E-state index in [1.54, 1.807) is 0 Å². The second kappa shape index (κ2) is 7.30. The Hall–Kier alpha value is -0.770. The molecule has 0 fully saturated rings. The van der Waals surface area contributed by atoms with Crippen LogP contribution in [0.4, 0.5) is 0 Å². The molecule has 2 nitrogen and oxygen atoms in total. The van der Waals surface area contributed by atoms with Crippen molar-refractivity contribution in [1.82, 2.24) is 5.32 Å². The van der Waals surface area contributed by atoms with Gasteiger partial charge in [-0.2, -0.15) is 0 Å². The van der Waals surface area contributed by atoms with Gasteiger partial charge in [-0.05, 0) is 58.7 Å². The minimum absolute atomic E-state index is 0.0425. The van der Waals surface area contributed by atoms with Gasteiger partial charge in [-0.25, -0.2) is 0 Å². The average molecular weight is 357 g/mol. The molecule has 108 valence electrons. The largest absolute Gasteiger partial charge is 0.464 e. The molecule has 0 aliphatic rings. The van der Waals surface area contributed by atoms with Gasteiger partial charge >= 0.3 is 0 Å². The molecule has 4 heteroatoms. The van der Waals surface area contributed by atoms with E-state index in [-0.39, 0.29) is 6.04 Å². The van der Waals surface area contributed by atoms with Crippen molar-refractivity contribution >= 4 is 27.5 Å². The van der Waals surface area contributed by atoms with Crippen molar-refractivity contribution in [2.24, 2.45) is 0 Å². The first-order chi connectivity index (χ1) is 9.65. The van der Waals surface area contributed by atoms with Crippen LogP contribution in [0.25, 0.3) is 0 Å². The lowest BCUT2D eigenvalue weighted by atomic mass is 10.0. The second-order valence-corrected chi connectivity index (χ2v) is 5.98. The Bertz CT molecular complexity index is 567. The number of aryl methyl sites for hydroxylation is 1. The van der Waals surface area contributed by atoms with Crippen LogP contribution in [0, 0.1) is 0 Å².